The van der Waals surface area contributed by atoms with Crippen LogP contribution >= 0.6 is 11.3 Å². The highest BCUT2D eigenvalue weighted by Crippen LogP contribution is 2.23. The Balaban J connectivity index is 2.05. The standard InChI is InChI=1S/C15H18N2O2S/c1-3-17(11-12-7-6-10-20-12)15(18)16-13-8-4-5-9-14(13)19-2/h4-10H,3,11H2,1-2H3,(H,16,18). The minimum absolute atomic E-state index is 0.120. The topological polar surface area (TPSA) is 41.6 Å². The summed E-state index contributed by atoms with van der Waals surface area (Å²) < 4.78 is 5.23. The van der Waals surface area contributed by atoms with E-state index in [0.29, 0.717) is 24.5 Å². The number of para-hydroxylation sites is 2. The van der Waals surface area contributed by atoms with Crippen LogP contribution in [0.5, 0.6) is 5.75 Å². The fraction of sp³-hybridized carbons (Fsp3) is 0.267. The van der Waals surface area contributed by atoms with Crippen LogP contribution in [0.25, 0.3) is 0 Å². The predicted molar refractivity (Wildman–Crippen MR) is 82.4 cm³/mol. The molecular formula is C15H18N2O2S. The van der Waals surface area contributed by atoms with E-state index in [2.05, 4.69) is 5.32 Å². The summed E-state index contributed by atoms with van der Waals surface area (Å²) in [4.78, 5) is 15.2. The first-order chi connectivity index (χ1) is 9.74. The number of carbonyl (C=O) groups excluding carboxylic acids is 1. The molecule has 1 aromatic carbocycles. The maximum Gasteiger partial charge on any atom is 0.322 e. The zero-order valence-corrected chi connectivity index (χ0v) is 12.4. The first-order valence-corrected chi connectivity index (χ1v) is 7.34. The number of carbonyl (C=O) groups is 1. The third-order valence-corrected chi connectivity index (χ3v) is 3.81. The summed E-state index contributed by atoms with van der Waals surface area (Å²) in [6, 6.07) is 11.3. The monoisotopic (exact) mass is 290 g/mol. The molecule has 0 saturated carbocycles. The molecule has 20 heavy (non-hydrogen) atoms. The number of anilines is 1. The van der Waals surface area contributed by atoms with Crippen LogP contribution in [0.1, 0.15) is 11.8 Å². The van der Waals surface area contributed by atoms with Crippen molar-refractivity contribution in [1.82, 2.24) is 4.90 Å². The van der Waals surface area contributed by atoms with E-state index in [1.807, 2.05) is 48.7 Å². The zero-order chi connectivity index (χ0) is 14.4. The molecule has 2 aromatic rings. The van der Waals surface area contributed by atoms with Gasteiger partial charge < -0.3 is 15.0 Å². The molecule has 0 aliphatic heterocycles. The van der Waals surface area contributed by atoms with Gasteiger partial charge in [-0.25, -0.2) is 4.79 Å². The van der Waals surface area contributed by atoms with E-state index in [9.17, 15) is 4.79 Å². The van der Waals surface area contributed by atoms with Gasteiger partial charge in [-0.3, -0.25) is 0 Å². The number of urea groups is 1. The van der Waals surface area contributed by atoms with Crippen molar-refractivity contribution < 1.29 is 9.53 Å². The molecule has 4 nitrogen and oxygen atoms in total. The van der Waals surface area contributed by atoms with E-state index in [0.717, 1.165) is 0 Å². The summed E-state index contributed by atoms with van der Waals surface area (Å²) in [6.45, 7) is 3.24. The fourth-order valence-corrected chi connectivity index (χ4v) is 2.58. The van der Waals surface area contributed by atoms with Crippen LogP contribution in [-0.4, -0.2) is 24.6 Å². The number of amides is 2. The molecule has 2 rings (SSSR count). The third kappa shape index (κ3) is 3.51. The second-order valence-electron chi connectivity index (χ2n) is 4.22. The van der Waals surface area contributed by atoms with Crippen molar-refractivity contribution in [3.8, 4) is 5.75 Å². The number of benzene rings is 1. The highest BCUT2D eigenvalue weighted by Gasteiger charge is 2.14. The second kappa shape index (κ2) is 6.96. The number of hydrogen-bond acceptors (Lipinski definition) is 3. The van der Waals surface area contributed by atoms with Gasteiger partial charge in [0, 0.05) is 11.4 Å². The van der Waals surface area contributed by atoms with Crippen LogP contribution in [0.2, 0.25) is 0 Å². The van der Waals surface area contributed by atoms with E-state index < -0.39 is 0 Å². The number of hydrogen-bond donors (Lipinski definition) is 1. The van der Waals surface area contributed by atoms with Crippen LogP contribution in [0.15, 0.2) is 41.8 Å². The maximum atomic E-state index is 12.3. The fourth-order valence-electron chi connectivity index (χ4n) is 1.86. The molecule has 5 heteroatoms. The van der Waals surface area contributed by atoms with Gasteiger partial charge in [0.05, 0.1) is 19.3 Å². The lowest BCUT2D eigenvalue weighted by Crippen LogP contribution is -2.34. The molecule has 2 amide bonds. The van der Waals surface area contributed by atoms with Gasteiger partial charge in [0.1, 0.15) is 5.75 Å². The lowest BCUT2D eigenvalue weighted by Gasteiger charge is -2.21. The van der Waals surface area contributed by atoms with Crippen molar-refractivity contribution >= 4 is 23.1 Å². The first-order valence-electron chi connectivity index (χ1n) is 6.46. The van der Waals surface area contributed by atoms with E-state index >= 15 is 0 Å². The summed E-state index contributed by atoms with van der Waals surface area (Å²) in [5, 5.41) is 4.91. The smallest absolute Gasteiger partial charge is 0.322 e. The normalized spacial score (nSPS) is 10.1. The molecule has 0 atom stereocenters. The first kappa shape index (κ1) is 14.4. The Bertz CT molecular complexity index is 555. The predicted octanol–water partition coefficient (Wildman–Crippen LogP) is 3.81. The molecule has 0 aliphatic rings. The van der Waals surface area contributed by atoms with Gasteiger partial charge in [0.2, 0.25) is 0 Å². The van der Waals surface area contributed by atoms with Gasteiger partial charge in [0.15, 0.2) is 0 Å². The Hall–Kier alpha value is -2.01. The van der Waals surface area contributed by atoms with Crippen molar-refractivity contribution in [3.05, 3.63) is 46.7 Å². The van der Waals surface area contributed by atoms with Crippen LogP contribution < -0.4 is 10.1 Å². The Kier molecular flexibility index (Phi) is 5.01. The Morgan fingerprint density at radius 2 is 2.10 bits per heavy atom. The molecule has 0 fully saturated rings. The average molecular weight is 290 g/mol. The summed E-state index contributed by atoms with van der Waals surface area (Å²) >= 11 is 1.65. The molecule has 106 valence electrons. The lowest BCUT2D eigenvalue weighted by atomic mass is 10.3. The molecule has 0 aliphatic carbocycles. The summed E-state index contributed by atoms with van der Waals surface area (Å²) in [7, 11) is 1.59. The molecule has 0 spiro atoms. The minimum Gasteiger partial charge on any atom is -0.495 e. The van der Waals surface area contributed by atoms with E-state index in [1.54, 1.807) is 23.3 Å². The second-order valence-corrected chi connectivity index (χ2v) is 5.26. The maximum absolute atomic E-state index is 12.3. The van der Waals surface area contributed by atoms with Gasteiger partial charge in [-0.05, 0) is 30.5 Å². The quantitative estimate of drug-likeness (QED) is 0.909. The van der Waals surface area contributed by atoms with E-state index in [1.165, 1.54) is 4.88 Å². The van der Waals surface area contributed by atoms with Gasteiger partial charge in [-0.15, -0.1) is 11.3 Å². The number of rotatable bonds is 5. The highest BCUT2D eigenvalue weighted by molar-refractivity contribution is 7.09. The van der Waals surface area contributed by atoms with Crippen molar-refractivity contribution in [2.45, 2.75) is 13.5 Å². The molecule has 0 unspecified atom stereocenters. The molecular weight excluding hydrogens is 272 g/mol. The molecule has 0 bridgehead atoms. The van der Waals surface area contributed by atoms with Gasteiger partial charge in [-0.2, -0.15) is 0 Å². The lowest BCUT2D eigenvalue weighted by molar-refractivity contribution is 0.212. The van der Waals surface area contributed by atoms with Gasteiger partial charge in [-0.1, -0.05) is 18.2 Å². The van der Waals surface area contributed by atoms with Crippen molar-refractivity contribution in [1.29, 1.82) is 0 Å². The zero-order valence-electron chi connectivity index (χ0n) is 11.6. The molecule has 1 heterocycles. The Morgan fingerprint density at radius 1 is 1.30 bits per heavy atom. The number of nitrogens with one attached hydrogen (secondary N) is 1. The summed E-state index contributed by atoms with van der Waals surface area (Å²) in [6.07, 6.45) is 0. The van der Waals surface area contributed by atoms with Crippen LogP contribution in [0, 0.1) is 0 Å². The van der Waals surface area contributed by atoms with Crippen molar-refractivity contribution in [2.24, 2.45) is 0 Å². The molecule has 0 saturated heterocycles. The molecule has 1 aromatic heterocycles. The number of nitrogens with zero attached hydrogens (tertiary/aromatic N) is 1. The van der Waals surface area contributed by atoms with Gasteiger partial charge in [0.25, 0.3) is 0 Å². The third-order valence-electron chi connectivity index (χ3n) is 2.94. The summed E-state index contributed by atoms with van der Waals surface area (Å²) in [5.41, 5.74) is 0.685. The van der Waals surface area contributed by atoms with Crippen LogP contribution in [0.3, 0.4) is 0 Å². The number of thiophene rings is 1. The minimum atomic E-state index is -0.120. The molecule has 1 N–H and O–H groups in total. The van der Waals surface area contributed by atoms with Crippen molar-refractivity contribution in [2.75, 3.05) is 19.0 Å². The largest absolute Gasteiger partial charge is 0.495 e. The van der Waals surface area contributed by atoms with Crippen LogP contribution in [0.4, 0.5) is 10.5 Å². The Labute approximate surface area is 123 Å². The van der Waals surface area contributed by atoms with Gasteiger partial charge >= 0.3 is 6.03 Å². The Morgan fingerprint density at radius 3 is 2.75 bits per heavy atom. The van der Waals surface area contributed by atoms with E-state index in [-0.39, 0.29) is 6.03 Å². The average Bonchev–Trinajstić information content (AvgIpc) is 2.98. The number of methoxy groups -OCH3 is 1. The highest BCUT2D eigenvalue weighted by atomic mass is 32.1. The number of ether oxygens (including phenoxy) is 1. The van der Waals surface area contributed by atoms with E-state index in [4.69, 9.17) is 4.74 Å². The van der Waals surface area contributed by atoms with Crippen molar-refractivity contribution in [3.63, 3.8) is 0 Å². The SMILES string of the molecule is CCN(Cc1cccs1)C(=O)Nc1ccccc1OC. The van der Waals surface area contributed by atoms with Crippen LogP contribution in [-0.2, 0) is 6.54 Å². The molecule has 0 radical (unpaired) electrons. The summed E-state index contributed by atoms with van der Waals surface area (Å²) in [5.74, 6) is 0.660.